The van der Waals surface area contributed by atoms with Crippen molar-refractivity contribution in [1.29, 1.82) is 0 Å². The van der Waals surface area contributed by atoms with Crippen molar-refractivity contribution in [2.24, 2.45) is 0 Å². The van der Waals surface area contributed by atoms with Gasteiger partial charge in [-0.05, 0) is 12.1 Å². The highest BCUT2D eigenvalue weighted by Gasteiger charge is 2.10. The topological polar surface area (TPSA) is 72.6 Å². The zero-order valence-electron chi connectivity index (χ0n) is 10.7. The van der Waals surface area contributed by atoms with Crippen molar-refractivity contribution < 1.29 is 14.8 Å². The van der Waals surface area contributed by atoms with Crippen LogP contribution < -0.4 is 4.74 Å². The molecule has 0 aliphatic carbocycles. The highest BCUT2D eigenvalue weighted by Crippen LogP contribution is 2.29. The van der Waals surface area contributed by atoms with Crippen LogP contribution in [0.1, 0.15) is 10.4 Å². The monoisotopic (exact) mass is 323 g/mol. The van der Waals surface area contributed by atoms with Gasteiger partial charge in [-0.3, -0.25) is 10.1 Å². The summed E-state index contributed by atoms with van der Waals surface area (Å²) in [6.07, 6.45) is 0. The Morgan fingerprint density at radius 2 is 2.24 bits per heavy atom. The first-order chi connectivity index (χ1) is 10.1. The number of nitro benzene ring substituents is 1. The molecular formula is C14H10ClNO4S. The fraction of sp³-hybridized carbons (Fsp3) is 0.143. The van der Waals surface area contributed by atoms with Crippen LogP contribution in [0.5, 0.6) is 5.75 Å². The molecule has 0 aliphatic heterocycles. The Morgan fingerprint density at radius 1 is 1.43 bits per heavy atom. The maximum Gasteiger partial charge on any atom is 0.271 e. The van der Waals surface area contributed by atoms with Crippen LogP contribution in [0.15, 0.2) is 29.6 Å². The highest BCUT2D eigenvalue weighted by atomic mass is 35.5. The van der Waals surface area contributed by atoms with E-state index in [9.17, 15) is 10.1 Å². The molecule has 0 spiro atoms. The number of hydrogen-bond acceptors (Lipinski definition) is 5. The van der Waals surface area contributed by atoms with Gasteiger partial charge >= 0.3 is 0 Å². The molecule has 0 saturated heterocycles. The summed E-state index contributed by atoms with van der Waals surface area (Å²) >= 11 is 7.41. The molecule has 0 radical (unpaired) electrons. The van der Waals surface area contributed by atoms with E-state index in [0.29, 0.717) is 12.4 Å². The standard InChI is InChI=1S/C14H10ClNO4S/c15-13-7-11(16(18)19)3-4-14(13)20-8-12-6-10(9-21-12)2-1-5-17/h3-4,6-7,9,17H,5,8H2. The molecule has 0 atom stereocenters. The van der Waals surface area contributed by atoms with Gasteiger partial charge in [0.1, 0.15) is 19.0 Å². The summed E-state index contributed by atoms with van der Waals surface area (Å²) in [5.41, 5.74) is 0.729. The summed E-state index contributed by atoms with van der Waals surface area (Å²) in [5, 5.41) is 21.3. The molecule has 1 N–H and O–H groups in total. The Morgan fingerprint density at radius 3 is 2.90 bits per heavy atom. The lowest BCUT2D eigenvalue weighted by atomic mass is 10.3. The Kier molecular flexibility index (Phi) is 5.17. The van der Waals surface area contributed by atoms with Crippen molar-refractivity contribution in [2.45, 2.75) is 6.61 Å². The number of hydrogen-bond donors (Lipinski definition) is 1. The van der Waals surface area contributed by atoms with Crippen LogP contribution in [-0.4, -0.2) is 16.6 Å². The molecule has 1 heterocycles. The van der Waals surface area contributed by atoms with Gasteiger partial charge in [0.05, 0.1) is 9.95 Å². The van der Waals surface area contributed by atoms with Gasteiger partial charge < -0.3 is 9.84 Å². The number of non-ortho nitro benzene ring substituents is 1. The van der Waals surface area contributed by atoms with E-state index in [0.717, 1.165) is 10.4 Å². The largest absolute Gasteiger partial charge is 0.486 e. The second-order valence-corrected chi connectivity index (χ2v) is 5.33. The van der Waals surface area contributed by atoms with Crippen molar-refractivity contribution in [3.05, 3.63) is 55.2 Å². The van der Waals surface area contributed by atoms with Gasteiger partial charge in [-0.1, -0.05) is 23.4 Å². The molecule has 0 saturated carbocycles. The van der Waals surface area contributed by atoms with Crippen LogP contribution in [0.4, 0.5) is 5.69 Å². The predicted octanol–water partition coefficient (Wildman–Crippen LogP) is 3.23. The molecule has 0 amide bonds. The smallest absolute Gasteiger partial charge is 0.271 e. The Balaban J connectivity index is 2.03. The third-order valence-corrected chi connectivity index (χ3v) is 3.67. The summed E-state index contributed by atoms with van der Waals surface area (Å²) in [4.78, 5) is 11.0. The van der Waals surface area contributed by atoms with Crippen molar-refractivity contribution in [3.8, 4) is 17.6 Å². The molecule has 2 rings (SSSR count). The third-order valence-electron chi connectivity index (χ3n) is 2.46. The second-order valence-electron chi connectivity index (χ2n) is 3.92. The van der Waals surface area contributed by atoms with Crippen LogP contribution in [0.3, 0.4) is 0 Å². The third kappa shape index (κ3) is 4.20. The van der Waals surface area contributed by atoms with Crippen LogP contribution in [0.2, 0.25) is 5.02 Å². The minimum atomic E-state index is -0.513. The normalized spacial score (nSPS) is 9.81. The molecule has 0 fully saturated rings. The van der Waals surface area contributed by atoms with Gasteiger partial charge in [-0.2, -0.15) is 0 Å². The molecule has 0 aliphatic rings. The Labute approximate surface area is 129 Å². The van der Waals surface area contributed by atoms with E-state index in [-0.39, 0.29) is 17.3 Å². The van der Waals surface area contributed by atoms with Crippen LogP contribution in [0.25, 0.3) is 0 Å². The van der Waals surface area contributed by atoms with Gasteiger partial charge in [0, 0.05) is 28.0 Å². The van der Waals surface area contributed by atoms with Gasteiger partial charge in [0.2, 0.25) is 0 Å². The van der Waals surface area contributed by atoms with Gasteiger partial charge in [-0.25, -0.2) is 0 Å². The number of thiophene rings is 1. The number of rotatable bonds is 4. The molecule has 1 aromatic carbocycles. The molecule has 2 aromatic rings. The van der Waals surface area contributed by atoms with Crippen LogP contribution >= 0.6 is 22.9 Å². The molecule has 108 valence electrons. The lowest BCUT2D eigenvalue weighted by Crippen LogP contribution is -1.95. The maximum atomic E-state index is 10.6. The predicted molar refractivity (Wildman–Crippen MR) is 80.7 cm³/mol. The van der Waals surface area contributed by atoms with E-state index < -0.39 is 4.92 Å². The van der Waals surface area contributed by atoms with Crippen molar-refractivity contribution in [1.82, 2.24) is 0 Å². The number of aliphatic hydroxyl groups excluding tert-OH is 1. The quantitative estimate of drug-likeness (QED) is 0.532. The summed E-state index contributed by atoms with van der Waals surface area (Å²) in [6, 6.07) is 5.92. The Hall–Kier alpha value is -2.07. The number of nitro groups is 1. The molecule has 0 unspecified atom stereocenters. The molecular weight excluding hydrogens is 314 g/mol. The van der Waals surface area contributed by atoms with E-state index in [1.807, 2.05) is 11.4 Å². The fourth-order valence-corrected chi connectivity index (χ4v) is 2.49. The number of halogens is 1. The van der Waals surface area contributed by atoms with E-state index in [1.165, 1.54) is 29.5 Å². The molecule has 7 heteroatoms. The van der Waals surface area contributed by atoms with E-state index in [2.05, 4.69) is 11.8 Å². The molecule has 5 nitrogen and oxygen atoms in total. The summed E-state index contributed by atoms with van der Waals surface area (Å²) in [6.45, 7) is 0.114. The maximum absolute atomic E-state index is 10.6. The summed E-state index contributed by atoms with van der Waals surface area (Å²) in [7, 11) is 0. The van der Waals surface area contributed by atoms with Crippen LogP contribution in [-0.2, 0) is 6.61 Å². The van der Waals surface area contributed by atoms with Crippen molar-refractivity contribution in [2.75, 3.05) is 6.61 Å². The first-order valence-corrected chi connectivity index (χ1v) is 7.10. The fourth-order valence-electron chi connectivity index (χ4n) is 1.53. The summed E-state index contributed by atoms with van der Waals surface area (Å²) < 4.78 is 5.53. The minimum absolute atomic E-state index is 0.0787. The SMILES string of the molecule is O=[N+]([O-])c1ccc(OCc2cc(C#CCO)cs2)c(Cl)c1. The van der Waals surface area contributed by atoms with Gasteiger partial charge in [-0.15, -0.1) is 11.3 Å². The number of aliphatic hydroxyl groups is 1. The summed E-state index contributed by atoms with van der Waals surface area (Å²) in [5.74, 6) is 5.75. The highest BCUT2D eigenvalue weighted by molar-refractivity contribution is 7.10. The number of nitrogens with zero attached hydrogens (tertiary/aromatic N) is 1. The molecule has 0 bridgehead atoms. The lowest BCUT2D eigenvalue weighted by Gasteiger charge is -2.06. The van der Waals surface area contributed by atoms with E-state index in [1.54, 1.807) is 0 Å². The lowest BCUT2D eigenvalue weighted by molar-refractivity contribution is -0.384. The van der Waals surface area contributed by atoms with Gasteiger partial charge in [0.15, 0.2) is 0 Å². The zero-order valence-corrected chi connectivity index (χ0v) is 12.3. The first kappa shape index (κ1) is 15.3. The second kappa shape index (κ2) is 7.09. The average molecular weight is 324 g/mol. The van der Waals surface area contributed by atoms with Crippen molar-refractivity contribution >= 4 is 28.6 Å². The van der Waals surface area contributed by atoms with Gasteiger partial charge in [0.25, 0.3) is 5.69 Å². The number of ether oxygens (including phenoxy) is 1. The van der Waals surface area contributed by atoms with Crippen molar-refractivity contribution in [3.63, 3.8) is 0 Å². The molecule has 21 heavy (non-hydrogen) atoms. The van der Waals surface area contributed by atoms with E-state index in [4.69, 9.17) is 21.4 Å². The first-order valence-electron chi connectivity index (χ1n) is 5.84. The minimum Gasteiger partial charge on any atom is -0.486 e. The number of benzene rings is 1. The average Bonchev–Trinajstić information content (AvgIpc) is 2.91. The molecule has 1 aromatic heterocycles. The van der Waals surface area contributed by atoms with E-state index >= 15 is 0 Å². The Bertz CT molecular complexity index is 717. The zero-order chi connectivity index (χ0) is 15.2. The van der Waals surface area contributed by atoms with Crippen LogP contribution in [0, 0.1) is 22.0 Å².